The van der Waals surface area contributed by atoms with Crippen LogP contribution in [0.3, 0.4) is 0 Å². The van der Waals surface area contributed by atoms with Crippen molar-refractivity contribution in [3.8, 4) is 0 Å². The van der Waals surface area contributed by atoms with Gasteiger partial charge in [-0.1, -0.05) is 5.16 Å². The van der Waals surface area contributed by atoms with E-state index in [0.29, 0.717) is 4.90 Å². The van der Waals surface area contributed by atoms with Gasteiger partial charge in [-0.05, 0) is 0 Å². The third-order valence-corrected chi connectivity index (χ3v) is 1.42. The summed E-state index contributed by atoms with van der Waals surface area (Å²) in [4.78, 5) is 10.9. The van der Waals surface area contributed by atoms with E-state index in [0.717, 1.165) is 0 Å². The van der Waals surface area contributed by atoms with Crippen LogP contribution in [-0.2, 0) is 4.79 Å². The molecule has 1 rings (SSSR count). The fourth-order valence-electron chi connectivity index (χ4n) is 0.780. The summed E-state index contributed by atoms with van der Waals surface area (Å²) in [6.45, 7) is -0.482. The molecule has 7 heteroatoms. The normalized spacial score (nSPS) is 17.2. The number of oxime groups is 1. The first kappa shape index (κ1) is 8.82. The monoisotopic (exact) mass is 182 g/mol. The lowest BCUT2D eigenvalue weighted by atomic mass is 10.2. The van der Waals surface area contributed by atoms with Crippen LogP contribution in [0.2, 0.25) is 0 Å². The van der Waals surface area contributed by atoms with E-state index in [1.54, 1.807) is 0 Å². The summed E-state index contributed by atoms with van der Waals surface area (Å²) in [5.41, 5.74) is 0.174. The number of hydrogen-bond acceptors (Lipinski definition) is 3. The summed E-state index contributed by atoms with van der Waals surface area (Å²) in [6, 6.07) is 0. The molecule has 0 aromatic rings. The number of carbonyl (C=O) groups is 1. The second kappa shape index (κ2) is 2.65. The highest BCUT2D eigenvalue weighted by molar-refractivity contribution is 6.00. The highest BCUT2D eigenvalue weighted by atomic mass is 19.4. The highest BCUT2D eigenvalue weighted by Crippen LogP contribution is 2.20. The lowest BCUT2D eigenvalue weighted by molar-refractivity contribution is -0.185. The number of hydrogen-bond donors (Lipinski definition) is 1. The van der Waals surface area contributed by atoms with Crippen molar-refractivity contribution in [1.82, 2.24) is 4.90 Å². The van der Waals surface area contributed by atoms with Gasteiger partial charge >= 0.3 is 12.1 Å². The molecule has 1 saturated heterocycles. The maximum Gasteiger partial charge on any atom is 0.471 e. The van der Waals surface area contributed by atoms with E-state index in [2.05, 4.69) is 5.16 Å². The van der Waals surface area contributed by atoms with Crippen molar-refractivity contribution in [3.05, 3.63) is 0 Å². The molecule has 1 aliphatic heterocycles. The molecule has 4 nitrogen and oxygen atoms in total. The topological polar surface area (TPSA) is 52.9 Å². The Balaban J connectivity index is 2.49. The van der Waals surface area contributed by atoms with Gasteiger partial charge in [-0.3, -0.25) is 4.79 Å². The number of likely N-dealkylation sites (tertiary alicyclic amines) is 1. The van der Waals surface area contributed by atoms with E-state index in [1.165, 1.54) is 0 Å². The third-order valence-electron chi connectivity index (χ3n) is 1.42. The van der Waals surface area contributed by atoms with Crippen molar-refractivity contribution < 1.29 is 23.2 Å². The van der Waals surface area contributed by atoms with Crippen LogP contribution in [0.15, 0.2) is 5.16 Å². The molecule has 1 amide bonds. The molecule has 0 aromatic carbocycles. The van der Waals surface area contributed by atoms with E-state index in [-0.39, 0.29) is 18.8 Å². The van der Waals surface area contributed by atoms with Gasteiger partial charge in [0.25, 0.3) is 0 Å². The lowest BCUT2D eigenvalue weighted by Crippen LogP contribution is -2.55. The molecule has 1 fully saturated rings. The Labute approximate surface area is 65.3 Å². The van der Waals surface area contributed by atoms with Gasteiger partial charge in [-0.15, -0.1) is 0 Å². The quantitative estimate of drug-likeness (QED) is 0.430. The first-order chi connectivity index (χ1) is 5.45. The summed E-state index contributed by atoms with van der Waals surface area (Å²) in [6.07, 6.45) is -4.83. The van der Waals surface area contributed by atoms with Gasteiger partial charge in [0.05, 0.1) is 18.8 Å². The van der Waals surface area contributed by atoms with E-state index < -0.39 is 12.1 Å². The van der Waals surface area contributed by atoms with Gasteiger partial charge < -0.3 is 10.1 Å². The van der Waals surface area contributed by atoms with Crippen molar-refractivity contribution >= 4 is 11.6 Å². The molecule has 0 radical (unpaired) electrons. The average Bonchev–Trinajstić information content (AvgIpc) is 1.83. The maximum absolute atomic E-state index is 11.7. The van der Waals surface area contributed by atoms with E-state index in [4.69, 9.17) is 5.21 Å². The number of alkyl halides is 3. The van der Waals surface area contributed by atoms with E-state index >= 15 is 0 Å². The first-order valence-corrected chi connectivity index (χ1v) is 3.01. The molecule has 0 saturated carbocycles. The molecule has 1 heterocycles. The Hall–Kier alpha value is -1.27. The maximum atomic E-state index is 11.7. The van der Waals surface area contributed by atoms with Gasteiger partial charge in [0, 0.05) is 0 Å². The van der Waals surface area contributed by atoms with Crippen LogP contribution in [0.4, 0.5) is 13.2 Å². The largest absolute Gasteiger partial charge is 0.471 e. The number of rotatable bonds is 0. The Morgan fingerprint density at radius 2 is 2.00 bits per heavy atom. The van der Waals surface area contributed by atoms with Gasteiger partial charge in [-0.2, -0.15) is 13.2 Å². The molecular weight excluding hydrogens is 177 g/mol. The molecule has 0 atom stereocenters. The van der Waals surface area contributed by atoms with E-state index in [1.807, 2.05) is 0 Å². The number of carbonyl (C=O) groups excluding carboxylic acids is 1. The van der Waals surface area contributed by atoms with Gasteiger partial charge in [-0.25, -0.2) is 0 Å². The summed E-state index contributed by atoms with van der Waals surface area (Å²) < 4.78 is 35.0. The van der Waals surface area contributed by atoms with Crippen LogP contribution >= 0.6 is 0 Å². The van der Waals surface area contributed by atoms with Gasteiger partial charge in [0.1, 0.15) is 0 Å². The average molecular weight is 182 g/mol. The zero-order valence-corrected chi connectivity index (χ0v) is 5.80. The SMILES string of the molecule is O=C(N1CC(=NO)C1)C(F)(F)F. The van der Waals surface area contributed by atoms with Crippen molar-refractivity contribution in [2.45, 2.75) is 6.18 Å². The van der Waals surface area contributed by atoms with Crippen LogP contribution in [0, 0.1) is 0 Å². The minimum atomic E-state index is -4.83. The van der Waals surface area contributed by atoms with Crippen LogP contribution in [0.25, 0.3) is 0 Å². The van der Waals surface area contributed by atoms with Crippen molar-refractivity contribution in [3.63, 3.8) is 0 Å². The Kier molecular flexibility index (Phi) is 1.95. The summed E-state index contributed by atoms with van der Waals surface area (Å²) in [5, 5.41) is 10.7. The predicted molar refractivity (Wildman–Crippen MR) is 31.9 cm³/mol. The zero-order chi connectivity index (χ0) is 9.35. The zero-order valence-electron chi connectivity index (χ0n) is 5.80. The second-order valence-electron chi connectivity index (χ2n) is 2.33. The standard InChI is InChI=1S/C5H5F3N2O2/c6-5(7,8)4(11)10-1-3(2-10)9-12/h12H,1-2H2. The minimum absolute atomic E-state index is 0.174. The van der Waals surface area contributed by atoms with Crippen molar-refractivity contribution in [2.75, 3.05) is 13.1 Å². The molecule has 68 valence electrons. The van der Waals surface area contributed by atoms with Crippen LogP contribution in [0.5, 0.6) is 0 Å². The third kappa shape index (κ3) is 1.49. The Bertz CT molecular complexity index is 227. The van der Waals surface area contributed by atoms with Crippen LogP contribution in [-0.4, -0.2) is 41.0 Å². The molecule has 1 N–H and O–H groups in total. The molecule has 12 heavy (non-hydrogen) atoms. The molecule has 0 aromatic heterocycles. The molecular formula is C5H5F3N2O2. The number of amides is 1. The smallest absolute Gasteiger partial charge is 0.411 e. The lowest BCUT2D eigenvalue weighted by Gasteiger charge is -2.31. The fraction of sp³-hybridized carbons (Fsp3) is 0.600. The Morgan fingerprint density at radius 1 is 1.50 bits per heavy atom. The molecule has 0 aliphatic carbocycles. The summed E-state index contributed by atoms with van der Waals surface area (Å²) in [5.74, 6) is -1.89. The number of halogens is 3. The second-order valence-corrected chi connectivity index (χ2v) is 2.33. The van der Waals surface area contributed by atoms with Crippen LogP contribution in [0.1, 0.15) is 0 Å². The molecule has 1 aliphatic rings. The summed E-state index contributed by atoms with van der Waals surface area (Å²) >= 11 is 0. The van der Waals surface area contributed by atoms with Crippen LogP contribution < -0.4 is 0 Å². The molecule has 0 spiro atoms. The predicted octanol–water partition coefficient (Wildman–Crippen LogP) is 0.221. The molecule has 0 unspecified atom stereocenters. The van der Waals surface area contributed by atoms with Crippen molar-refractivity contribution in [1.29, 1.82) is 0 Å². The first-order valence-electron chi connectivity index (χ1n) is 3.01. The van der Waals surface area contributed by atoms with Crippen molar-refractivity contribution in [2.24, 2.45) is 5.16 Å². The summed E-state index contributed by atoms with van der Waals surface area (Å²) in [7, 11) is 0. The van der Waals surface area contributed by atoms with Gasteiger partial charge in [0.2, 0.25) is 0 Å². The minimum Gasteiger partial charge on any atom is -0.411 e. The molecule has 0 bridgehead atoms. The fourth-order valence-corrected chi connectivity index (χ4v) is 0.780. The number of nitrogens with zero attached hydrogens (tertiary/aromatic N) is 2. The Morgan fingerprint density at radius 3 is 2.33 bits per heavy atom. The van der Waals surface area contributed by atoms with Gasteiger partial charge in [0.15, 0.2) is 0 Å². The highest BCUT2D eigenvalue weighted by Gasteiger charge is 2.45. The van der Waals surface area contributed by atoms with E-state index in [9.17, 15) is 18.0 Å².